The fraction of sp³-hybridized carbons (Fsp3) is 0.949. The topological polar surface area (TPSA) is 237 Å². The summed E-state index contributed by atoms with van der Waals surface area (Å²) in [5.74, 6) is -1.34. The molecule has 0 aromatic rings. The van der Waals surface area contributed by atoms with Crippen molar-refractivity contribution in [3.8, 4) is 0 Å². The van der Waals surface area contributed by atoms with E-state index >= 15 is 0 Å². The Labute approximate surface area is 594 Å². The van der Waals surface area contributed by atoms with Gasteiger partial charge in [0.2, 0.25) is 0 Å². The number of hydrogen-bond donors (Lipinski definition) is 3. The zero-order valence-corrected chi connectivity index (χ0v) is 65.0. The Morgan fingerprint density at radius 3 is 0.701 bits per heavy atom. The minimum Gasteiger partial charge on any atom is -0.462 e. The molecule has 0 aliphatic heterocycles. The molecule has 0 amide bonds. The number of aliphatic hydroxyl groups is 1. The van der Waals surface area contributed by atoms with Crippen LogP contribution in [0.1, 0.15) is 413 Å². The molecule has 0 radical (unpaired) electrons. The van der Waals surface area contributed by atoms with Crippen LogP contribution in [0, 0.1) is 5.92 Å². The highest BCUT2D eigenvalue weighted by Gasteiger charge is 2.30. The molecule has 0 aliphatic rings. The van der Waals surface area contributed by atoms with Gasteiger partial charge in [-0.05, 0) is 31.6 Å². The molecular formula is C78H152O17P2. The van der Waals surface area contributed by atoms with Gasteiger partial charge in [0.25, 0.3) is 0 Å². The van der Waals surface area contributed by atoms with E-state index in [9.17, 15) is 43.2 Å². The third-order valence-corrected chi connectivity index (χ3v) is 20.2. The van der Waals surface area contributed by atoms with Crippen molar-refractivity contribution in [3.63, 3.8) is 0 Å². The van der Waals surface area contributed by atoms with E-state index in [1.165, 1.54) is 238 Å². The summed E-state index contributed by atoms with van der Waals surface area (Å²) in [7, 11) is -9.91. The highest BCUT2D eigenvalue weighted by Crippen LogP contribution is 2.45. The predicted molar refractivity (Wildman–Crippen MR) is 395 cm³/mol. The maximum Gasteiger partial charge on any atom is 0.472 e. The van der Waals surface area contributed by atoms with Crippen LogP contribution >= 0.6 is 15.6 Å². The van der Waals surface area contributed by atoms with Gasteiger partial charge in [-0.1, -0.05) is 362 Å². The van der Waals surface area contributed by atoms with Crippen molar-refractivity contribution in [3.05, 3.63) is 0 Å². The number of phosphoric acid groups is 2. The average molecular weight is 1420 g/mol. The summed E-state index contributed by atoms with van der Waals surface area (Å²) in [4.78, 5) is 73.0. The zero-order chi connectivity index (χ0) is 71.2. The van der Waals surface area contributed by atoms with Crippen LogP contribution in [0.15, 0.2) is 0 Å². The van der Waals surface area contributed by atoms with E-state index in [0.29, 0.717) is 25.7 Å². The third kappa shape index (κ3) is 72.2. The van der Waals surface area contributed by atoms with Gasteiger partial charge in [-0.2, -0.15) is 0 Å². The molecule has 17 nitrogen and oxygen atoms in total. The quantitative estimate of drug-likeness (QED) is 0.0222. The maximum atomic E-state index is 13.1. The lowest BCUT2D eigenvalue weighted by Crippen LogP contribution is -2.30. The number of esters is 4. The van der Waals surface area contributed by atoms with Crippen molar-refractivity contribution in [2.75, 3.05) is 39.6 Å². The molecule has 0 aromatic carbocycles. The van der Waals surface area contributed by atoms with E-state index in [4.69, 9.17) is 37.0 Å². The standard InChI is InChI=1S/C78H152O17P2/c1-6-9-12-15-18-21-24-27-29-32-37-42-47-52-57-62-76(81)89-67-73(94-77(82)63-58-53-48-43-38-33-30-28-25-22-19-16-13-10-7-2)69-92-96(84,85)90-65-72(79)66-91-97(86,87)93-70-74(68-88-75(80)61-56-51-46-41-36-31-26-23-20-17-14-11-8-3)95-78(83)64-59-54-49-44-39-34-35-40-45-50-55-60-71(4)5/h71-74,79H,6-70H2,1-5H3,(H,84,85)(H,86,87)/t72-,73-,74-/m1/s1. The molecule has 19 heteroatoms. The van der Waals surface area contributed by atoms with Crippen LogP contribution in [-0.4, -0.2) is 96.7 Å². The summed E-state index contributed by atoms with van der Waals surface area (Å²) < 4.78 is 68.7. The van der Waals surface area contributed by atoms with Gasteiger partial charge in [-0.25, -0.2) is 9.13 Å². The molecule has 576 valence electrons. The minimum atomic E-state index is -4.96. The second-order valence-electron chi connectivity index (χ2n) is 28.6. The average Bonchev–Trinajstić information content (AvgIpc) is 1.37. The van der Waals surface area contributed by atoms with Crippen LogP contribution < -0.4 is 0 Å². The fourth-order valence-corrected chi connectivity index (χ4v) is 13.6. The lowest BCUT2D eigenvalue weighted by Gasteiger charge is -2.21. The van der Waals surface area contributed by atoms with Gasteiger partial charge in [0.05, 0.1) is 26.4 Å². The fourth-order valence-electron chi connectivity index (χ4n) is 12.1. The summed E-state index contributed by atoms with van der Waals surface area (Å²) >= 11 is 0. The molecule has 0 spiro atoms. The molecule has 0 aromatic heterocycles. The van der Waals surface area contributed by atoms with Crippen LogP contribution in [0.5, 0.6) is 0 Å². The Balaban J connectivity index is 5.27. The van der Waals surface area contributed by atoms with Gasteiger partial charge in [0.15, 0.2) is 12.2 Å². The number of carbonyl (C=O) groups is 4. The van der Waals surface area contributed by atoms with Gasteiger partial charge in [0.1, 0.15) is 19.3 Å². The number of rotatable bonds is 78. The summed E-state index contributed by atoms with van der Waals surface area (Å²) in [6.07, 6.45) is 60.8. The molecule has 0 heterocycles. The summed E-state index contributed by atoms with van der Waals surface area (Å²) in [6.45, 7) is 7.32. The molecule has 97 heavy (non-hydrogen) atoms. The molecule has 0 aliphatic carbocycles. The second kappa shape index (κ2) is 71.1. The molecule has 2 unspecified atom stereocenters. The lowest BCUT2D eigenvalue weighted by molar-refractivity contribution is -0.161. The predicted octanol–water partition coefficient (Wildman–Crippen LogP) is 23.3. The third-order valence-electron chi connectivity index (χ3n) is 18.3. The monoisotopic (exact) mass is 1420 g/mol. The first-order valence-corrected chi connectivity index (χ1v) is 43.6. The van der Waals surface area contributed by atoms with Gasteiger partial charge in [0, 0.05) is 25.7 Å². The van der Waals surface area contributed by atoms with Crippen molar-refractivity contribution in [2.24, 2.45) is 5.92 Å². The van der Waals surface area contributed by atoms with Gasteiger partial charge < -0.3 is 33.8 Å². The first kappa shape index (κ1) is 95.1. The smallest absolute Gasteiger partial charge is 0.462 e. The van der Waals surface area contributed by atoms with Crippen molar-refractivity contribution < 1.29 is 80.2 Å². The Hall–Kier alpha value is -1.94. The van der Waals surface area contributed by atoms with E-state index in [2.05, 4.69) is 34.6 Å². The molecule has 0 bridgehead atoms. The Morgan fingerprint density at radius 1 is 0.278 bits per heavy atom. The van der Waals surface area contributed by atoms with E-state index in [0.717, 1.165) is 95.8 Å². The Morgan fingerprint density at radius 2 is 0.474 bits per heavy atom. The molecular weight excluding hydrogens is 1270 g/mol. The molecule has 0 saturated heterocycles. The Kier molecular flexibility index (Phi) is 69.6. The normalized spacial score (nSPS) is 13.9. The van der Waals surface area contributed by atoms with Crippen LogP contribution in [0.4, 0.5) is 0 Å². The molecule has 0 rings (SSSR count). The minimum absolute atomic E-state index is 0.107. The first-order valence-electron chi connectivity index (χ1n) is 40.6. The number of aliphatic hydroxyl groups excluding tert-OH is 1. The van der Waals surface area contributed by atoms with Crippen molar-refractivity contribution >= 4 is 39.5 Å². The maximum absolute atomic E-state index is 13.1. The van der Waals surface area contributed by atoms with Crippen LogP contribution in [0.25, 0.3) is 0 Å². The lowest BCUT2D eigenvalue weighted by atomic mass is 10.0. The van der Waals surface area contributed by atoms with Gasteiger partial charge >= 0.3 is 39.5 Å². The van der Waals surface area contributed by atoms with Crippen molar-refractivity contribution in [1.82, 2.24) is 0 Å². The highest BCUT2D eigenvalue weighted by atomic mass is 31.2. The van der Waals surface area contributed by atoms with Gasteiger partial charge in [-0.15, -0.1) is 0 Å². The molecule has 0 saturated carbocycles. The van der Waals surface area contributed by atoms with E-state index in [1.54, 1.807) is 0 Å². The summed E-state index contributed by atoms with van der Waals surface area (Å²) in [5.41, 5.74) is 0. The molecule has 0 fully saturated rings. The zero-order valence-electron chi connectivity index (χ0n) is 63.2. The molecule has 5 atom stereocenters. The number of hydrogen-bond acceptors (Lipinski definition) is 15. The SMILES string of the molecule is CCCCCCCCCCCCCCCCCC(=O)OC[C@H](COP(=O)(O)OC[C@@H](O)COP(=O)(O)OC[C@@H](COC(=O)CCCCCCCCCCCCCCC)OC(=O)CCCCCCCCCCCCCC(C)C)OC(=O)CCCCCCCCCCCCCCCCC. The number of carbonyl (C=O) groups excluding carboxylic acids is 4. The van der Waals surface area contributed by atoms with Gasteiger partial charge in [-0.3, -0.25) is 37.3 Å². The van der Waals surface area contributed by atoms with E-state index in [-0.39, 0.29) is 25.7 Å². The van der Waals surface area contributed by atoms with Crippen LogP contribution in [0.3, 0.4) is 0 Å². The second-order valence-corrected chi connectivity index (χ2v) is 31.5. The van der Waals surface area contributed by atoms with Crippen LogP contribution in [0.2, 0.25) is 0 Å². The number of phosphoric ester groups is 2. The largest absolute Gasteiger partial charge is 0.472 e. The van der Waals surface area contributed by atoms with Crippen molar-refractivity contribution in [2.45, 2.75) is 432 Å². The van der Waals surface area contributed by atoms with Crippen molar-refractivity contribution in [1.29, 1.82) is 0 Å². The summed E-state index contributed by atoms with van der Waals surface area (Å²) in [5, 5.41) is 10.6. The Bertz CT molecular complexity index is 1860. The molecule has 3 N–H and O–H groups in total. The number of ether oxygens (including phenoxy) is 4. The highest BCUT2D eigenvalue weighted by molar-refractivity contribution is 7.47. The van der Waals surface area contributed by atoms with E-state index < -0.39 is 97.5 Å². The van der Waals surface area contributed by atoms with Crippen LogP contribution in [-0.2, 0) is 65.4 Å². The first-order chi connectivity index (χ1) is 47.0. The number of unbranched alkanes of at least 4 members (excludes halogenated alkanes) is 50. The van der Waals surface area contributed by atoms with E-state index in [1.807, 2.05) is 0 Å². The summed E-state index contributed by atoms with van der Waals surface area (Å²) in [6, 6.07) is 0.